The molecule has 9 aromatic rings. The van der Waals surface area contributed by atoms with Crippen LogP contribution < -0.4 is 0 Å². The first-order valence-corrected chi connectivity index (χ1v) is 25.0. The SMILES string of the molecule is CC(C)(C)Cc1ccc2sc3c(-c4cc(-c5cccc6c5nc(-c5cc(C(C)(C)C)cc(C(C)(C)C)c5O)n6-c5ccc(C(C)(C)C)cc5-c5ccccc5)cc(C(C)(C)C)c4)ncnc3c2c1. The second kappa shape index (κ2) is 16.5. The largest absolute Gasteiger partial charge is 0.507 e. The van der Waals surface area contributed by atoms with Crippen molar-refractivity contribution in [3.8, 4) is 56.3 Å². The zero-order valence-corrected chi connectivity index (χ0v) is 43.7. The molecule has 0 saturated heterocycles. The van der Waals surface area contributed by atoms with Crippen molar-refractivity contribution in [1.82, 2.24) is 19.5 Å². The van der Waals surface area contributed by atoms with Gasteiger partial charge in [-0.05, 0) is 115 Å². The Morgan fingerprint density at radius 1 is 0.529 bits per heavy atom. The molecule has 6 heteroatoms. The number of para-hydroxylation sites is 1. The van der Waals surface area contributed by atoms with E-state index in [1.165, 1.54) is 26.8 Å². The van der Waals surface area contributed by atoms with Gasteiger partial charge in [0.25, 0.3) is 0 Å². The van der Waals surface area contributed by atoms with E-state index in [1.807, 2.05) is 0 Å². The first-order valence-electron chi connectivity index (χ1n) is 24.2. The van der Waals surface area contributed by atoms with E-state index >= 15 is 0 Å². The minimum Gasteiger partial charge on any atom is -0.507 e. The minimum atomic E-state index is -0.328. The molecule has 3 aromatic heterocycles. The van der Waals surface area contributed by atoms with E-state index in [0.29, 0.717) is 11.4 Å². The molecule has 0 atom stereocenters. The van der Waals surface area contributed by atoms with Crippen LogP contribution in [-0.4, -0.2) is 24.6 Å². The summed E-state index contributed by atoms with van der Waals surface area (Å²) in [6.07, 6.45) is 2.73. The molecule has 0 aliphatic heterocycles. The Kier molecular flexibility index (Phi) is 11.4. The van der Waals surface area contributed by atoms with Crippen molar-refractivity contribution in [2.75, 3.05) is 0 Å². The number of benzene rings is 6. The highest BCUT2D eigenvalue weighted by atomic mass is 32.1. The predicted molar refractivity (Wildman–Crippen MR) is 291 cm³/mol. The fraction of sp³-hybridized carbons (Fsp3) is 0.339. The van der Waals surface area contributed by atoms with Gasteiger partial charge in [0.1, 0.15) is 17.9 Å². The van der Waals surface area contributed by atoms with Crippen LogP contribution in [0.15, 0.2) is 122 Å². The molecule has 3 heterocycles. The van der Waals surface area contributed by atoms with Crippen LogP contribution in [0, 0.1) is 5.41 Å². The average molecular weight is 917 g/mol. The summed E-state index contributed by atoms with van der Waals surface area (Å²) >= 11 is 1.77. The van der Waals surface area contributed by atoms with Gasteiger partial charge in [-0.2, -0.15) is 0 Å². The van der Waals surface area contributed by atoms with Crippen molar-refractivity contribution < 1.29 is 5.11 Å². The number of phenols is 1. The molecular weight excluding hydrogens is 849 g/mol. The first-order chi connectivity index (χ1) is 31.8. The maximum absolute atomic E-state index is 12.6. The van der Waals surface area contributed by atoms with E-state index in [1.54, 1.807) is 17.7 Å². The number of phenolic OH excluding ortho intramolecular Hbond substituents is 1. The number of hydrogen-bond donors (Lipinski definition) is 1. The number of hydrogen-bond acceptors (Lipinski definition) is 5. The van der Waals surface area contributed by atoms with Crippen LogP contribution in [0.25, 0.3) is 81.9 Å². The monoisotopic (exact) mass is 917 g/mol. The third-order valence-corrected chi connectivity index (χ3v) is 14.5. The topological polar surface area (TPSA) is 63.8 Å². The van der Waals surface area contributed by atoms with E-state index < -0.39 is 0 Å². The van der Waals surface area contributed by atoms with Gasteiger partial charge in [-0.3, -0.25) is 4.57 Å². The smallest absolute Gasteiger partial charge is 0.149 e. The van der Waals surface area contributed by atoms with Gasteiger partial charge in [-0.1, -0.05) is 171 Å². The molecule has 68 heavy (non-hydrogen) atoms. The molecular formula is C62H68N4OS. The van der Waals surface area contributed by atoms with Gasteiger partial charge in [0.15, 0.2) is 0 Å². The molecule has 0 saturated carbocycles. The van der Waals surface area contributed by atoms with Gasteiger partial charge < -0.3 is 5.11 Å². The molecule has 0 unspecified atom stereocenters. The zero-order valence-electron chi connectivity index (χ0n) is 42.9. The Bertz CT molecular complexity index is 3390. The lowest BCUT2D eigenvalue weighted by molar-refractivity contribution is 0.411. The normalized spacial score (nSPS) is 13.0. The van der Waals surface area contributed by atoms with E-state index in [9.17, 15) is 5.11 Å². The maximum Gasteiger partial charge on any atom is 0.149 e. The molecule has 6 aromatic carbocycles. The highest BCUT2D eigenvalue weighted by Crippen LogP contribution is 2.47. The molecule has 0 fully saturated rings. The Morgan fingerprint density at radius 3 is 1.85 bits per heavy atom. The number of nitrogens with zero attached hydrogens (tertiary/aromatic N) is 4. The third-order valence-electron chi connectivity index (χ3n) is 13.3. The fourth-order valence-corrected chi connectivity index (χ4v) is 10.7. The van der Waals surface area contributed by atoms with E-state index in [4.69, 9.17) is 15.0 Å². The molecule has 0 spiro atoms. The summed E-state index contributed by atoms with van der Waals surface area (Å²) in [7, 11) is 0. The van der Waals surface area contributed by atoms with Gasteiger partial charge in [0.2, 0.25) is 0 Å². The summed E-state index contributed by atoms with van der Waals surface area (Å²) in [5.74, 6) is 0.956. The second-order valence-electron chi connectivity index (χ2n) is 24.3. The zero-order chi connectivity index (χ0) is 48.9. The molecule has 0 bridgehead atoms. The number of imidazole rings is 1. The highest BCUT2D eigenvalue weighted by Gasteiger charge is 2.30. The van der Waals surface area contributed by atoms with E-state index in [-0.39, 0.29) is 32.8 Å². The summed E-state index contributed by atoms with van der Waals surface area (Å²) in [4.78, 5) is 15.7. The van der Waals surface area contributed by atoms with Crippen LogP contribution in [0.1, 0.15) is 132 Å². The lowest BCUT2D eigenvalue weighted by Gasteiger charge is -2.28. The standard InChI is InChI=1S/C62H68N4OS/c1-58(2,3)35-37-24-27-51-46(28-37)54-56(68-51)52(63-36-64-54)40-29-39(30-42(31-40)60(7,8)9)44-22-19-23-50-53(44)65-57(47-33-43(61(10,11)12)34-48(55(47)67)62(13,14)15)66(50)49-26-25-41(59(4,5)6)32-45(49)38-20-17-16-18-21-38/h16-34,36,67H,35H2,1-15H3. The Balaban J connectivity index is 1.35. The van der Waals surface area contributed by atoms with Gasteiger partial charge in [0.05, 0.1) is 38.2 Å². The van der Waals surface area contributed by atoms with Crippen LogP contribution in [0.2, 0.25) is 0 Å². The fourth-order valence-electron chi connectivity index (χ4n) is 9.52. The molecule has 0 amide bonds. The van der Waals surface area contributed by atoms with Gasteiger partial charge >= 0.3 is 0 Å². The minimum absolute atomic E-state index is 0.0773. The van der Waals surface area contributed by atoms with Crippen molar-refractivity contribution in [2.45, 2.75) is 132 Å². The van der Waals surface area contributed by atoms with Gasteiger partial charge in [-0.15, -0.1) is 11.3 Å². The van der Waals surface area contributed by atoms with Crippen LogP contribution in [0.3, 0.4) is 0 Å². The molecule has 0 aliphatic rings. The summed E-state index contributed by atoms with van der Waals surface area (Å²) in [6.45, 7) is 33.7. The number of aromatic hydroxyl groups is 1. The Labute approximate surface area is 408 Å². The van der Waals surface area contributed by atoms with E-state index in [2.05, 4.69) is 224 Å². The molecule has 5 nitrogen and oxygen atoms in total. The van der Waals surface area contributed by atoms with Gasteiger partial charge in [-0.25, -0.2) is 15.0 Å². The molecule has 0 aliphatic carbocycles. The highest BCUT2D eigenvalue weighted by molar-refractivity contribution is 7.26. The number of thiophene rings is 1. The first kappa shape index (κ1) is 47.0. The second-order valence-corrected chi connectivity index (χ2v) is 25.4. The average Bonchev–Trinajstić information content (AvgIpc) is 3.83. The Hall–Kier alpha value is -6.11. The predicted octanol–water partition coefficient (Wildman–Crippen LogP) is 17.3. The summed E-state index contributed by atoms with van der Waals surface area (Å²) < 4.78 is 4.61. The Morgan fingerprint density at radius 2 is 1.19 bits per heavy atom. The molecule has 348 valence electrons. The van der Waals surface area contributed by atoms with E-state index in [0.717, 1.165) is 78.0 Å². The lowest BCUT2D eigenvalue weighted by atomic mass is 9.79. The van der Waals surface area contributed by atoms with Crippen molar-refractivity contribution >= 4 is 42.7 Å². The summed E-state index contributed by atoms with van der Waals surface area (Å²) in [5.41, 5.74) is 16.0. The number of aromatic nitrogens is 4. The van der Waals surface area contributed by atoms with Gasteiger partial charge in [0, 0.05) is 32.3 Å². The van der Waals surface area contributed by atoms with Crippen molar-refractivity contribution in [1.29, 1.82) is 0 Å². The number of rotatable bonds is 6. The van der Waals surface area contributed by atoms with Crippen LogP contribution in [-0.2, 0) is 28.1 Å². The quantitative estimate of drug-likeness (QED) is 0.180. The summed E-state index contributed by atoms with van der Waals surface area (Å²) in [6, 6.07) is 42.2. The van der Waals surface area contributed by atoms with Crippen LogP contribution in [0.4, 0.5) is 0 Å². The maximum atomic E-state index is 12.6. The third kappa shape index (κ3) is 8.89. The number of fused-ring (bicyclic) bond motifs is 4. The molecule has 0 radical (unpaired) electrons. The summed E-state index contributed by atoms with van der Waals surface area (Å²) in [5, 5.41) is 13.8. The van der Waals surface area contributed by atoms with Crippen molar-refractivity contribution in [3.05, 3.63) is 149 Å². The molecule has 1 N–H and O–H groups in total. The lowest BCUT2D eigenvalue weighted by Crippen LogP contribution is -2.17. The molecule has 9 rings (SSSR count). The van der Waals surface area contributed by atoms with Crippen LogP contribution >= 0.6 is 11.3 Å². The van der Waals surface area contributed by atoms with Crippen molar-refractivity contribution in [2.24, 2.45) is 5.41 Å². The van der Waals surface area contributed by atoms with Crippen molar-refractivity contribution in [3.63, 3.8) is 0 Å². The van der Waals surface area contributed by atoms with Crippen LogP contribution in [0.5, 0.6) is 5.75 Å².